The number of fused-ring (bicyclic) bond motifs is 1. The van der Waals surface area contributed by atoms with Crippen molar-refractivity contribution in [3.05, 3.63) is 18.5 Å². The van der Waals surface area contributed by atoms with E-state index in [9.17, 15) is 13.2 Å². The van der Waals surface area contributed by atoms with E-state index in [0.717, 1.165) is 83.3 Å². The van der Waals surface area contributed by atoms with Gasteiger partial charge >= 0.3 is 12.1 Å². The number of hydrogen-bond donors (Lipinski definition) is 1. The van der Waals surface area contributed by atoms with Crippen LogP contribution in [0.3, 0.4) is 0 Å². The molecule has 2 aromatic heterocycles. The predicted octanol–water partition coefficient (Wildman–Crippen LogP) is 2.19. The van der Waals surface area contributed by atoms with Gasteiger partial charge in [-0.2, -0.15) is 17.7 Å². The number of nitrogens with zero attached hydrogens (tertiary/aromatic N) is 5. The Morgan fingerprint density at radius 3 is 2.65 bits per heavy atom. The van der Waals surface area contributed by atoms with Crippen LogP contribution in [0.1, 0.15) is 25.7 Å². The minimum atomic E-state index is -5.08. The second-order valence-corrected chi connectivity index (χ2v) is 8.80. The maximum Gasteiger partial charge on any atom is 0.490 e. The van der Waals surface area contributed by atoms with Crippen molar-refractivity contribution in [3.63, 3.8) is 0 Å². The highest BCUT2D eigenvalue weighted by Crippen LogP contribution is 2.43. The molecule has 3 saturated heterocycles. The SMILES string of the molecule is O=C(O)C(F)(F)F.c1cc2nncn2nc1N1CC2(C1)OCCC2CCOCC1CCOCC1. The zero-order valence-electron chi connectivity index (χ0n) is 18.6. The average molecular weight is 487 g/mol. The van der Waals surface area contributed by atoms with E-state index < -0.39 is 12.1 Å². The van der Waals surface area contributed by atoms with Crippen LogP contribution in [-0.4, -0.2) is 88.8 Å². The van der Waals surface area contributed by atoms with Gasteiger partial charge in [-0.15, -0.1) is 15.3 Å². The molecule has 5 heterocycles. The van der Waals surface area contributed by atoms with Gasteiger partial charge in [-0.1, -0.05) is 0 Å². The molecule has 0 radical (unpaired) electrons. The molecule has 5 rings (SSSR count). The molecule has 0 aromatic carbocycles. The van der Waals surface area contributed by atoms with Gasteiger partial charge in [-0.3, -0.25) is 0 Å². The van der Waals surface area contributed by atoms with E-state index in [-0.39, 0.29) is 5.60 Å². The molecule has 10 nitrogen and oxygen atoms in total. The van der Waals surface area contributed by atoms with Crippen molar-refractivity contribution in [1.29, 1.82) is 0 Å². The zero-order chi connectivity index (χ0) is 24.2. The first kappa shape index (κ1) is 24.6. The Bertz CT molecular complexity index is 960. The number of hydrogen-bond acceptors (Lipinski definition) is 8. The fraction of sp³-hybridized carbons (Fsp3) is 0.714. The molecule has 1 atom stereocenters. The molecule has 0 aliphatic carbocycles. The van der Waals surface area contributed by atoms with Crippen molar-refractivity contribution < 1.29 is 37.3 Å². The topological polar surface area (TPSA) is 111 Å². The summed E-state index contributed by atoms with van der Waals surface area (Å²) in [5, 5.41) is 19.6. The molecule has 34 heavy (non-hydrogen) atoms. The van der Waals surface area contributed by atoms with Crippen molar-refractivity contribution in [2.45, 2.75) is 37.5 Å². The van der Waals surface area contributed by atoms with Crippen molar-refractivity contribution in [3.8, 4) is 0 Å². The highest BCUT2D eigenvalue weighted by Gasteiger charge is 2.53. The molecule has 188 valence electrons. The van der Waals surface area contributed by atoms with Crippen LogP contribution in [-0.2, 0) is 19.0 Å². The van der Waals surface area contributed by atoms with Crippen LogP contribution < -0.4 is 4.90 Å². The first-order valence-electron chi connectivity index (χ1n) is 11.3. The lowest BCUT2D eigenvalue weighted by Crippen LogP contribution is -2.65. The van der Waals surface area contributed by atoms with Gasteiger partial charge in [0.2, 0.25) is 0 Å². The van der Waals surface area contributed by atoms with Gasteiger partial charge in [0.25, 0.3) is 0 Å². The summed E-state index contributed by atoms with van der Waals surface area (Å²) < 4.78 is 51.0. The lowest BCUT2D eigenvalue weighted by Gasteiger charge is -2.50. The van der Waals surface area contributed by atoms with Crippen LogP contribution in [0.15, 0.2) is 18.5 Å². The van der Waals surface area contributed by atoms with Gasteiger partial charge in [0, 0.05) is 33.0 Å². The molecular formula is C21H28F3N5O5. The third-order valence-corrected chi connectivity index (χ3v) is 6.54. The number of carboxylic acids is 1. The first-order chi connectivity index (χ1) is 16.3. The summed E-state index contributed by atoms with van der Waals surface area (Å²) in [6.07, 6.45) is 1.03. The number of carboxylic acid groups (broad SMARTS) is 1. The number of ether oxygens (including phenoxy) is 3. The normalized spacial score (nSPS) is 22.4. The third kappa shape index (κ3) is 5.76. The lowest BCUT2D eigenvalue weighted by molar-refractivity contribution is -0.192. The van der Waals surface area contributed by atoms with Crippen LogP contribution in [0.5, 0.6) is 0 Å². The van der Waals surface area contributed by atoms with E-state index in [1.807, 2.05) is 12.1 Å². The monoisotopic (exact) mass is 487 g/mol. The molecule has 3 aliphatic heterocycles. The van der Waals surface area contributed by atoms with E-state index >= 15 is 0 Å². The van der Waals surface area contributed by atoms with Crippen LogP contribution in [0.4, 0.5) is 19.0 Å². The Morgan fingerprint density at radius 2 is 1.94 bits per heavy atom. The smallest absolute Gasteiger partial charge is 0.475 e. The zero-order valence-corrected chi connectivity index (χ0v) is 18.6. The van der Waals surface area contributed by atoms with E-state index in [1.165, 1.54) is 0 Å². The average Bonchev–Trinajstić information content (AvgIpc) is 3.42. The van der Waals surface area contributed by atoms with Gasteiger partial charge in [0.1, 0.15) is 17.7 Å². The van der Waals surface area contributed by atoms with E-state index in [4.69, 9.17) is 24.1 Å². The second-order valence-electron chi connectivity index (χ2n) is 8.80. The number of carbonyl (C=O) groups is 1. The second kappa shape index (κ2) is 10.4. The fourth-order valence-corrected chi connectivity index (χ4v) is 4.58. The lowest BCUT2D eigenvalue weighted by atomic mass is 9.79. The van der Waals surface area contributed by atoms with Crippen LogP contribution in [0, 0.1) is 11.8 Å². The largest absolute Gasteiger partial charge is 0.490 e. The number of alkyl halides is 3. The molecule has 13 heteroatoms. The number of halogens is 3. The number of rotatable bonds is 6. The first-order valence-corrected chi connectivity index (χ1v) is 11.3. The molecule has 0 bridgehead atoms. The molecular weight excluding hydrogens is 459 g/mol. The molecule has 3 aliphatic rings. The summed E-state index contributed by atoms with van der Waals surface area (Å²) in [5.74, 6) is -0.557. The van der Waals surface area contributed by atoms with Gasteiger partial charge in [0.15, 0.2) is 5.65 Å². The molecule has 3 fully saturated rings. The minimum absolute atomic E-state index is 0.0220. The Hall–Kier alpha value is -2.51. The van der Waals surface area contributed by atoms with Crippen molar-refractivity contribution in [1.82, 2.24) is 19.8 Å². The molecule has 0 saturated carbocycles. The number of aliphatic carboxylic acids is 1. The number of aromatic nitrogens is 4. The Morgan fingerprint density at radius 1 is 1.21 bits per heavy atom. The highest BCUT2D eigenvalue weighted by molar-refractivity contribution is 5.73. The maximum atomic E-state index is 10.6. The molecule has 0 amide bonds. The summed E-state index contributed by atoms with van der Waals surface area (Å²) >= 11 is 0. The fourth-order valence-electron chi connectivity index (χ4n) is 4.58. The molecule has 2 aromatic rings. The molecule has 1 spiro atoms. The van der Waals surface area contributed by atoms with Gasteiger partial charge in [0.05, 0.1) is 13.1 Å². The quantitative estimate of drug-likeness (QED) is 0.613. The van der Waals surface area contributed by atoms with Crippen molar-refractivity contribution >= 4 is 17.4 Å². The predicted molar refractivity (Wildman–Crippen MR) is 112 cm³/mol. The minimum Gasteiger partial charge on any atom is -0.475 e. The summed E-state index contributed by atoms with van der Waals surface area (Å²) in [6.45, 7) is 6.14. The van der Waals surface area contributed by atoms with Gasteiger partial charge in [-0.25, -0.2) is 4.79 Å². The number of anilines is 1. The van der Waals surface area contributed by atoms with Crippen LogP contribution >= 0.6 is 0 Å². The third-order valence-electron chi connectivity index (χ3n) is 6.54. The molecule has 1 N–H and O–H groups in total. The summed E-state index contributed by atoms with van der Waals surface area (Å²) in [4.78, 5) is 11.2. The Kier molecular flexibility index (Phi) is 7.53. The summed E-state index contributed by atoms with van der Waals surface area (Å²) in [5.41, 5.74) is 0.747. The van der Waals surface area contributed by atoms with Crippen LogP contribution in [0.2, 0.25) is 0 Å². The van der Waals surface area contributed by atoms with Gasteiger partial charge in [-0.05, 0) is 49.7 Å². The standard InChI is InChI=1S/C19H27N5O3.C2HF3O2/c1-2-18(22-24-14-20-21-17(1)24)23-12-19(13-23)16(6-10-27-19)5-9-26-11-15-3-7-25-8-4-15;3-2(4,5)1(6)7/h1-2,14-16H,3-13H2;(H,6,7). The van der Waals surface area contributed by atoms with E-state index in [1.54, 1.807) is 10.8 Å². The highest BCUT2D eigenvalue weighted by atomic mass is 19.4. The van der Waals surface area contributed by atoms with Crippen molar-refractivity contribution in [2.75, 3.05) is 51.0 Å². The molecule has 1 unspecified atom stereocenters. The Balaban J connectivity index is 0.000000344. The van der Waals surface area contributed by atoms with E-state index in [2.05, 4.69) is 20.2 Å². The maximum absolute atomic E-state index is 10.6. The van der Waals surface area contributed by atoms with Gasteiger partial charge < -0.3 is 24.2 Å². The van der Waals surface area contributed by atoms with E-state index in [0.29, 0.717) is 11.8 Å². The van der Waals surface area contributed by atoms with Crippen molar-refractivity contribution in [2.24, 2.45) is 11.8 Å². The van der Waals surface area contributed by atoms with Crippen LogP contribution in [0.25, 0.3) is 5.65 Å². The Labute approximate surface area is 194 Å². The summed E-state index contributed by atoms with van der Waals surface area (Å²) in [7, 11) is 0. The summed E-state index contributed by atoms with van der Waals surface area (Å²) in [6, 6.07) is 3.97.